The maximum Gasteiger partial charge on any atom is 0.140 e. The number of hydrogen-bond donors (Lipinski definition) is 1. The van der Waals surface area contributed by atoms with E-state index in [9.17, 15) is 4.79 Å². The van der Waals surface area contributed by atoms with Crippen LogP contribution in [-0.4, -0.2) is 16.1 Å². The van der Waals surface area contributed by atoms with E-state index in [0.29, 0.717) is 16.8 Å². The fourth-order valence-corrected chi connectivity index (χ4v) is 0.984. The van der Waals surface area contributed by atoms with Gasteiger partial charge in [0.1, 0.15) is 5.78 Å². The highest BCUT2D eigenvalue weighted by Crippen LogP contribution is 2.14. The van der Waals surface area contributed by atoms with Crippen molar-refractivity contribution in [1.29, 1.82) is 0 Å². The summed E-state index contributed by atoms with van der Waals surface area (Å²) in [4.78, 5) is 10.1. The second kappa shape index (κ2) is 4.49. The van der Waals surface area contributed by atoms with Crippen LogP contribution in [0, 0.1) is 0 Å². The molecule has 1 N–H and O–H groups in total. The fraction of sp³-hybridized carbons (Fsp3) is 0.667. The first-order valence-electron chi connectivity index (χ1n) is 1.70. The Hall–Kier alpha value is 0.330. The van der Waals surface area contributed by atoms with Crippen molar-refractivity contribution in [3.05, 3.63) is 0 Å². The summed E-state index contributed by atoms with van der Waals surface area (Å²) in [7, 11) is 1.14. The molecule has 7 heavy (non-hydrogen) atoms. The summed E-state index contributed by atoms with van der Waals surface area (Å²) in [5.41, 5.74) is 0. The lowest BCUT2D eigenvalue weighted by Gasteiger charge is -1.84. The molecule has 0 saturated heterocycles. The zero-order chi connectivity index (χ0) is 5.70. The van der Waals surface area contributed by atoms with E-state index in [2.05, 4.69) is 0 Å². The van der Waals surface area contributed by atoms with Crippen LogP contribution in [-0.2, 0) is 4.79 Å². The average Bonchev–Trinajstić information content (AvgIpc) is 1.61. The number of Topliss-reactive ketones (excluding diaryl/α,β-unsaturated/α-hetero) is 1. The Balaban J connectivity index is 2.82. The van der Waals surface area contributed by atoms with Crippen molar-refractivity contribution in [2.45, 2.75) is 6.92 Å². The zero-order valence-electron chi connectivity index (χ0n) is 3.88. The second-order valence-electron chi connectivity index (χ2n) is 1.04. The van der Waals surface area contributed by atoms with Crippen LogP contribution in [0.25, 0.3) is 0 Å². The van der Waals surface area contributed by atoms with Gasteiger partial charge in [0.15, 0.2) is 0 Å². The van der Waals surface area contributed by atoms with Crippen molar-refractivity contribution in [3.8, 4) is 0 Å². The highest BCUT2D eigenvalue weighted by molar-refractivity contribution is 8.74. The summed E-state index contributed by atoms with van der Waals surface area (Å²) >= 11 is 0.626. The molecule has 0 bridgehead atoms. The van der Waals surface area contributed by atoms with Gasteiger partial charge in [-0.2, -0.15) is 0 Å². The Morgan fingerprint density at radius 1 is 1.86 bits per heavy atom. The van der Waals surface area contributed by atoms with Crippen molar-refractivity contribution in [1.82, 2.24) is 0 Å². The second-order valence-corrected chi connectivity index (χ2v) is 2.87. The number of hydrogen-bond acceptors (Lipinski definition) is 4. The third-order valence-corrected chi connectivity index (χ3v) is 1.61. The molecule has 0 aromatic heterocycles. The Kier molecular flexibility index (Phi) is 4.70. The largest absolute Gasteiger partial charge is 0.321 e. The topological polar surface area (TPSA) is 37.3 Å². The van der Waals surface area contributed by atoms with Gasteiger partial charge in [-0.05, 0) is 6.92 Å². The van der Waals surface area contributed by atoms with Gasteiger partial charge in [0.05, 0.1) is 16.8 Å². The number of carbonyl (C=O) groups is 1. The van der Waals surface area contributed by atoms with Crippen LogP contribution in [0.1, 0.15) is 6.92 Å². The van der Waals surface area contributed by atoms with Gasteiger partial charge in [-0.1, -0.05) is 10.8 Å². The molecule has 0 radical (unpaired) electrons. The van der Waals surface area contributed by atoms with Gasteiger partial charge in [-0.3, -0.25) is 4.79 Å². The van der Waals surface area contributed by atoms with Gasteiger partial charge in [-0.25, -0.2) is 0 Å². The summed E-state index contributed by atoms with van der Waals surface area (Å²) in [5, 5.41) is 0. The molecular weight excluding hydrogens is 132 g/mol. The molecule has 42 valence electrons. The molecule has 0 atom stereocenters. The molecule has 0 unspecified atom stereocenters. The molecule has 4 heteroatoms. The molecule has 0 aliphatic heterocycles. The van der Waals surface area contributed by atoms with Gasteiger partial charge in [-0.15, -0.1) is 0 Å². The van der Waals surface area contributed by atoms with Crippen molar-refractivity contribution in [2.24, 2.45) is 0 Å². The van der Waals surface area contributed by atoms with Crippen LogP contribution in [0.4, 0.5) is 0 Å². The lowest BCUT2D eigenvalue weighted by molar-refractivity contribution is -0.114. The van der Waals surface area contributed by atoms with Crippen molar-refractivity contribution in [2.75, 3.05) is 5.75 Å². The Morgan fingerprint density at radius 3 is 2.57 bits per heavy atom. The Morgan fingerprint density at radius 2 is 2.43 bits per heavy atom. The van der Waals surface area contributed by atoms with E-state index in [4.69, 9.17) is 4.55 Å². The number of carbonyl (C=O) groups excluding carboxylic acids is 1. The minimum Gasteiger partial charge on any atom is -0.321 e. The van der Waals surface area contributed by atoms with Crippen LogP contribution in [0.5, 0.6) is 0 Å². The predicted molar refractivity (Wildman–Crippen MR) is 33.4 cm³/mol. The SMILES string of the molecule is CC(=O)CSSO. The maximum absolute atomic E-state index is 10.1. The summed E-state index contributed by atoms with van der Waals surface area (Å²) in [5.74, 6) is 0.479. The molecule has 0 aliphatic rings. The minimum atomic E-state index is 0.0894. The summed E-state index contributed by atoms with van der Waals surface area (Å²) < 4.78 is 8.04. The first kappa shape index (κ1) is 7.33. The molecule has 0 aromatic carbocycles. The average molecular weight is 138 g/mol. The van der Waals surface area contributed by atoms with E-state index >= 15 is 0 Å². The lowest BCUT2D eigenvalue weighted by Crippen LogP contribution is -1.89. The zero-order valence-corrected chi connectivity index (χ0v) is 5.51. The van der Waals surface area contributed by atoms with E-state index in [0.717, 1.165) is 10.8 Å². The van der Waals surface area contributed by atoms with Gasteiger partial charge < -0.3 is 4.55 Å². The molecule has 0 aliphatic carbocycles. The molecule has 0 aromatic rings. The number of rotatable bonds is 3. The quantitative estimate of drug-likeness (QED) is 0.473. The van der Waals surface area contributed by atoms with E-state index < -0.39 is 0 Å². The Labute approximate surface area is 50.3 Å². The van der Waals surface area contributed by atoms with Gasteiger partial charge >= 0.3 is 0 Å². The summed E-state index contributed by atoms with van der Waals surface area (Å²) in [6.45, 7) is 1.49. The van der Waals surface area contributed by atoms with Crippen LogP contribution in [0.15, 0.2) is 0 Å². The monoisotopic (exact) mass is 138 g/mol. The normalized spacial score (nSPS) is 8.86. The van der Waals surface area contributed by atoms with E-state index in [1.807, 2.05) is 0 Å². The standard InChI is InChI=1S/C3H6O2S2/c1-3(4)2-6-7-5/h5H,2H2,1H3. The molecule has 0 saturated carbocycles. The molecule has 0 spiro atoms. The van der Waals surface area contributed by atoms with Gasteiger partial charge in [0.25, 0.3) is 0 Å². The van der Waals surface area contributed by atoms with Crippen LogP contribution in [0.2, 0.25) is 0 Å². The minimum absolute atomic E-state index is 0.0894. The maximum atomic E-state index is 10.1. The van der Waals surface area contributed by atoms with Crippen molar-refractivity contribution >= 4 is 27.7 Å². The van der Waals surface area contributed by atoms with Crippen LogP contribution in [0.3, 0.4) is 0 Å². The van der Waals surface area contributed by atoms with E-state index in [-0.39, 0.29) is 5.78 Å². The van der Waals surface area contributed by atoms with E-state index in [1.165, 1.54) is 6.92 Å². The molecule has 0 fully saturated rings. The van der Waals surface area contributed by atoms with Crippen LogP contribution >= 0.6 is 21.9 Å². The fourth-order valence-electron chi connectivity index (χ4n) is 0.109. The predicted octanol–water partition coefficient (Wildman–Crippen LogP) is 1.43. The molecular formula is C3H6O2S2. The molecule has 2 nitrogen and oxygen atoms in total. The highest BCUT2D eigenvalue weighted by Gasteiger charge is 1.89. The first-order valence-corrected chi connectivity index (χ1v) is 3.97. The smallest absolute Gasteiger partial charge is 0.140 e. The third kappa shape index (κ3) is 6.33. The van der Waals surface area contributed by atoms with Gasteiger partial charge in [0, 0.05) is 0 Å². The summed E-state index contributed by atoms with van der Waals surface area (Å²) in [6.07, 6.45) is 0. The molecule has 0 heterocycles. The highest BCUT2D eigenvalue weighted by atomic mass is 33.1. The summed E-state index contributed by atoms with van der Waals surface area (Å²) in [6, 6.07) is 0. The third-order valence-electron chi connectivity index (χ3n) is 0.315. The van der Waals surface area contributed by atoms with E-state index in [1.54, 1.807) is 0 Å². The Bertz CT molecular complexity index is 64.0. The molecule has 0 rings (SSSR count). The lowest BCUT2D eigenvalue weighted by atomic mass is 10.5. The first-order chi connectivity index (χ1) is 3.27. The molecule has 0 amide bonds. The number of ketones is 1. The van der Waals surface area contributed by atoms with Gasteiger partial charge in [0.2, 0.25) is 0 Å². The van der Waals surface area contributed by atoms with Crippen LogP contribution < -0.4 is 0 Å². The van der Waals surface area contributed by atoms with Crippen molar-refractivity contribution < 1.29 is 9.35 Å². The van der Waals surface area contributed by atoms with Crippen molar-refractivity contribution in [3.63, 3.8) is 0 Å².